The molecule has 1 aromatic rings. The Morgan fingerprint density at radius 3 is 2.50 bits per heavy atom. The van der Waals surface area contributed by atoms with Gasteiger partial charge >= 0.3 is 0 Å². The second kappa shape index (κ2) is 8.39. The molecular formula is C10H13Cl2IN4O. The van der Waals surface area contributed by atoms with E-state index in [1.807, 2.05) is 0 Å². The normalized spacial score (nSPS) is 9.22. The summed E-state index contributed by atoms with van der Waals surface area (Å²) in [7, 11) is 0. The SMILES string of the molecule is I.NC(N)=NCCNC(=O)c1ccc(Cl)c(Cl)c1. The summed E-state index contributed by atoms with van der Waals surface area (Å²) in [5, 5.41) is 3.38. The third kappa shape index (κ3) is 5.74. The van der Waals surface area contributed by atoms with Crippen molar-refractivity contribution < 1.29 is 4.79 Å². The van der Waals surface area contributed by atoms with Gasteiger partial charge in [0.2, 0.25) is 0 Å². The third-order valence-electron chi connectivity index (χ3n) is 1.87. The number of aliphatic imine (C=N–C) groups is 1. The van der Waals surface area contributed by atoms with Crippen molar-refractivity contribution in [2.75, 3.05) is 13.1 Å². The largest absolute Gasteiger partial charge is 0.370 e. The molecule has 0 aromatic heterocycles. The molecule has 0 aliphatic heterocycles. The monoisotopic (exact) mass is 402 g/mol. The summed E-state index contributed by atoms with van der Waals surface area (Å²) >= 11 is 11.5. The van der Waals surface area contributed by atoms with Crippen molar-refractivity contribution in [1.82, 2.24) is 5.32 Å². The fraction of sp³-hybridized carbons (Fsp3) is 0.200. The lowest BCUT2D eigenvalue weighted by molar-refractivity contribution is 0.0955. The number of nitrogens with two attached hydrogens (primary N) is 2. The molecule has 1 amide bonds. The molecule has 0 radical (unpaired) electrons. The van der Waals surface area contributed by atoms with Crippen molar-refractivity contribution >= 4 is 59.0 Å². The summed E-state index contributed by atoms with van der Waals surface area (Å²) in [5.41, 5.74) is 10.7. The van der Waals surface area contributed by atoms with Crippen LogP contribution in [0, 0.1) is 0 Å². The molecule has 100 valence electrons. The summed E-state index contributed by atoms with van der Waals surface area (Å²) in [6.45, 7) is 0.673. The molecule has 8 heteroatoms. The number of guanidine groups is 1. The van der Waals surface area contributed by atoms with Crippen LogP contribution in [0.2, 0.25) is 10.0 Å². The van der Waals surface area contributed by atoms with Crippen molar-refractivity contribution in [2.24, 2.45) is 16.5 Å². The molecule has 0 atom stereocenters. The molecule has 0 aliphatic rings. The first-order valence-corrected chi connectivity index (χ1v) is 5.55. The van der Waals surface area contributed by atoms with Crippen LogP contribution >= 0.6 is 47.2 Å². The number of nitrogens with zero attached hydrogens (tertiary/aromatic N) is 1. The summed E-state index contributed by atoms with van der Waals surface area (Å²) in [6, 6.07) is 4.65. The van der Waals surface area contributed by atoms with E-state index < -0.39 is 0 Å². The van der Waals surface area contributed by atoms with Gasteiger partial charge < -0.3 is 16.8 Å². The van der Waals surface area contributed by atoms with Crippen LogP contribution in [-0.4, -0.2) is 25.0 Å². The highest BCUT2D eigenvalue weighted by molar-refractivity contribution is 14.0. The van der Waals surface area contributed by atoms with Crippen molar-refractivity contribution in [3.05, 3.63) is 33.8 Å². The predicted octanol–water partition coefficient (Wildman–Crippen LogP) is 1.61. The zero-order valence-corrected chi connectivity index (χ0v) is 13.2. The standard InChI is InChI=1S/C10H12Cl2N4O.HI/c11-7-2-1-6(5-8(7)12)9(17)15-3-4-16-10(13)14;/h1-2,5H,3-4H2,(H,15,17)(H4,13,14,16);1H. The highest BCUT2D eigenvalue weighted by atomic mass is 127. The van der Waals surface area contributed by atoms with E-state index in [1.54, 1.807) is 12.1 Å². The highest BCUT2D eigenvalue weighted by Gasteiger charge is 2.06. The van der Waals surface area contributed by atoms with Gasteiger partial charge in [0.05, 0.1) is 16.6 Å². The third-order valence-corrected chi connectivity index (χ3v) is 2.61. The first kappa shape index (κ1) is 17.3. The first-order chi connectivity index (χ1) is 8.00. The van der Waals surface area contributed by atoms with Gasteiger partial charge in [0, 0.05) is 12.1 Å². The molecule has 0 bridgehead atoms. The van der Waals surface area contributed by atoms with Gasteiger partial charge in [-0.15, -0.1) is 24.0 Å². The Hall–Kier alpha value is -0.730. The minimum atomic E-state index is -0.255. The minimum absolute atomic E-state index is 0. The van der Waals surface area contributed by atoms with Crippen LogP contribution < -0.4 is 16.8 Å². The Bertz CT molecular complexity index is 450. The van der Waals surface area contributed by atoms with Crippen LogP contribution in [0.3, 0.4) is 0 Å². The van der Waals surface area contributed by atoms with Gasteiger partial charge in [-0.05, 0) is 18.2 Å². The number of carbonyl (C=O) groups excluding carboxylic acids is 1. The number of amides is 1. The van der Waals surface area contributed by atoms with Crippen LogP contribution in [0.1, 0.15) is 10.4 Å². The van der Waals surface area contributed by atoms with Crippen molar-refractivity contribution in [3.63, 3.8) is 0 Å². The van der Waals surface area contributed by atoms with Crippen molar-refractivity contribution in [1.29, 1.82) is 0 Å². The number of rotatable bonds is 4. The summed E-state index contributed by atoms with van der Waals surface area (Å²) in [4.78, 5) is 15.4. The molecule has 1 rings (SSSR count). The molecule has 0 heterocycles. The van der Waals surface area contributed by atoms with E-state index in [0.717, 1.165) is 0 Å². The maximum Gasteiger partial charge on any atom is 0.251 e. The molecule has 0 aliphatic carbocycles. The quantitative estimate of drug-likeness (QED) is 0.309. The van der Waals surface area contributed by atoms with E-state index in [9.17, 15) is 4.79 Å². The second-order valence-corrected chi connectivity index (χ2v) is 4.01. The Morgan fingerprint density at radius 2 is 1.94 bits per heavy atom. The van der Waals surface area contributed by atoms with Crippen LogP contribution in [0.25, 0.3) is 0 Å². The van der Waals surface area contributed by atoms with Crippen molar-refractivity contribution in [3.8, 4) is 0 Å². The smallest absolute Gasteiger partial charge is 0.251 e. The average molecular weight is 403 g/mol. The molecule has 0 fully saturated rings. The minimum Gasteiger partial charge on any atom is -0.370 e. The lowest BCUT2D eigenvalue weighted by Gasteiger charge is -2.04. The van der Waals surface area contributed by atoms with E-state index in [0.29, 0.717) is 28.7 Å². The lowest BCUT2D eigenvalue weighted by Crippen LogP contribution is -2.28. The van der Waals surface area contributed by atoms with Gasteiger partial charge in [-0.25, -0.2) is 0 Å². The van der Waals surface area contributed by atoms with Gasteiger partial charge in [0.25, 0.3) is 5.91 Å². The van der Waals surface area contributed by atoms with Crippen molar-refractivity contribution in [2.45, 2.75) is 0 Å². The molecule has 0 saturated carbocycles. The van der Waals surface area contributed by atoms with Crippen LogP contribution in [-0.2, 0) is 0 Å². The molecule has 5 N–H and O–H groups in total. The number of hydrogen-bond donors (Lipinski definition) is 3. The highest BCUT2D eigenvalue weighted by Crippen LogP contribution is 2.22. The Labute approximate surface area is 132 Å². The predicted molar refractivity (Wildman–Crippen MR) is 84.9 cm³/mol. The zero-order chi connectivity index (χ0) is 12.8. The van der Waals surface area contributed by atoms with E-state index in [-0.39, 0.29) is 35.8 Å². The van der Waals surface area contributed by atoms with Gasteiger partial charge in [-0.2, -0.15) is 0 Å². The number of hydrogen-bond acceptors (Lipinski definition) is 2. The van der Waals surface area contributed by atoms with Gasteiger partial charge in [0.15, 0.2) is 5.96 Å². The first-order valence-electron chi connectivity index (χ1n) is 4.79. The summed E-state index contributed by atoms with van der Waals surface area (Å²) in [6.07, 6.45) is 0. The fourth-order valence-corrected chi connectivity index (χ4v) is 1.39. The van der Waals surface area contributed by atoms with E-state index in [2.05, 4.69) is 10.3 Å². The molecule has 0 saturated heterocycles. The molecular weight excluding hydrogens is 390 g/mol. The average Bonchev–Trinajstić information content (AvgIpc) is 2.27. The summed E-state index contributed by atoms with van der Waals surface area (Å²) < 4.78 is 0. The second-order valence-electron chi connectivity index (χ2n) is 3.19. The molecule has 18 heavy (non-hydrogen) atoms. The number of halogens is 3. The van der Waals surface area contributed by atoms with E-state index in [1.165, 1.54) is 6.07 Å². The van der Waals surface area contributed by atoms with Crippen LogP contribution in [0.15, 0.2) is 23.2 Å². The number of nitrogens with one attached hydrogen (secondary N) is 1. The molecule has 0 spiro atoms. The lowest BCUT2D eigenvalue weighted by atomic mass is 10.2. The summed E-state index contributed by atoms with van der Waals surface area (Å²) in [5.74, 6) is -0.261. The van der Waals surface area contributed by atoms with Crippen LogP contribution in [0.5, 0.6) is 0 Å². The molecule has 0 unspecified atom stereocenters. The topological polar surface area (TPSA) is 93.5 Å². The maximum atomic E-state index is 11.6. The number of benzene rings is 1. The van der Waals surface area contributed by atoms with Gasteiger partial charge in [0.1, 0.15) is 0 Å². The molecule has 5 nitrogen and oxygen atoms in total. The zero-order valence-electron chi connectivity index (χ0n) is 9.32. The Kier molecular flexibility index (Phi) is 8.05. The molecule has 1 aromatic carbocycles. The van der Waals surface area contributed by atoms with E-state index in [4.69, 9.17) is 34.7 Å². The number of carbonyl (C=O) groups is 1. The van der Waals surface area contributed by atoms with Crippen LogP contribution in [0.4, 0.5) is 0 Å². The van der Waals surface area contributed by atoms with Gasteiger partial charge in [-0.1, -0.05) is 23.2 Å². The maximum absolute atomic E-state index is 11.6. The fourth-order valence-electron chi connectivity index (χ4n) is 1.09. The Morgan fingerprint density at radius 1 is 1.28 bits per heavy atom. The Balaban J connectivity index is 0.00000289. The van der Waals surface area contributed by atoms with Gasteiger partial charge in [-0.3, -0.25) is 9.79 Å². The van der Waals surface area contributed by atoms with E-state index >= 15 is 0 Å².